The fourth-order valence-electron chi connectivity index (χ4n) is 1.66. The fourth-order valence-corrected chi connectivity index (χ4v) is 1.66. The first-order valence-corrected chi connectivity index (χ1v) is 5.68. The Labute approximate surface area is 95.2 Å². The lowest BCUT2D eigenvalue weighted by molar-refractivity contribution is 0.0903. The Kier molecular flexibility index (Phi) is 3.93. The lowest BCUT2D eigenvalue weighted by atomic mass is 10.1. The van der Waals surface area contributed by atoms with Gasteiger partial charge in [0.1, 0.15) is 0 Å². The number of hydrogen-bond donors (Lipinski definition) is 1. The SMILES string of the molecule is CCOc1ccnc(NC2CCOCC2)n1. The van der Waals surface area contributed by atoms with Crippen molar-refractivity contribution in [1.29, 1.82) is 0 Å². The highest BCUT2D eigenvalue weighted by atomic mass is 16.5. The third kappa shape index (κ3) is 3.06. The van der Waals surface area contributed by atoms with Crippen molar-refractivity contribution in [3.63, 3.8) is 0 Å². The van der Waals surface area contributed by atoms with Gasteiger partial charge in [0, 0.05) is 31.5 Å². The lowest BCUT2D eigenvalue weighted by Crippen LogP contribution is -2.28. The maximum atomic E-state index is 5.32. The highest BCUT2D eigenvalue weighted by Gasteiger charge is 2.14. The molecule has 1 fully saturated rings. The van der Waals surface area contributed by atoms with E-state index in [4.69, 9.17) is 9.47 Å². The van der Waals surface area contributed by atoms with Crippen LogP contribution < -0.4 is 10.1 Å². The number of rotatable bonds is 4. The van der Waals surface area contributed by atoms with Crippen LogP contribution in [0.4, 0.5) is 5.95 Å². The van der Waals surface area contributed by atoms with E-state index in [9.17, 15) is 0 Å². The van der Waals surface area contributed by atoms with Crippen LogP contribution in [0.2, 0.25) is 0 Å². The zero-order valence-electron chi connectivity index (χ0n) is 9.48. The summed E-state index contributed by atoms with van der Waals surface area (Å²) in [7, 11) is 0. The smallest absolute Gasteiger partial charge is 0.226 e. The van der Waals surface area contributed by atoms with Gasteiger partial charge in [-0.3, -0.25) is 0 Å². The molecule has 0 aliphatic carbocycles. The van der Waals surface area contributed by atoms with Crippen molar-refractivity contribution in [1.82, 2.24) is 9.97 Å². The molecule has 1 N–H and O–H groups in total. The van der Waals surface area contributed by atoms with Crippen LogP contribution in [0.1, 0.15) is 19.8 Å². The molecule has 1 aliphatic rings. The van der Waals surface area contributed by atoms with Crippen molar-refractivity contribution >= 4 is 5.95 Å². The van der Waals surface area contributed by atoms with Gasteiger partial charge in [-0.1, -0.05) is 0 Å². The first-order valence-electron chi connectivity index (χ1n) is 5.68. The predicted molar refractivity (Wildman–Crippen MR) is 60.7 cm³/mol. The third-order valence-electron chi connectivity index (χ3n) is 2.48. The van der Waals surface area contributed by atoms with Crippen LogP contribution in [0.15, 0.2) is 12.3 Å². The van der Waals surface area contributed by atoms with Crippen molar-refractivity contribution in [2.75, 3.05) is 25.1 Å². The van der Waals surface area contributed by atoms with Gasteiger partial charge in [-0.2, -0.15) is 4.98 Å². The molecule has 0 bridgehead atoms. The lowest BCUT2D eigenvalue weighted by Gasteiger charge is -2.23. The molecule has 1 aromatic rings. The molecule has 16 heavy (non-hydrogen) atoms. The highest BCUT2D eigenvalue weighted by Crippen LogP contribution is 2.13. The number of nitrogens with zero attached hydrogens (tertiary/aromatic N) is 2. The summed E-state index contributed by atoms with van der Waals surface area (Å²) in [6.45, 7) is 4.17. The van der Waals surface area contributed by atoms with Gasteiger partial charge in [0.15, 0.2) is 0 Å². The topological polar surface area (TPSA) is 56.3 Å². The van der Waals surface area contributed by atoms with E-state index in [2.05, 4.69) is 15.3 Å². The fraction of sp³-hybridized carbons (Fsp3) is 0.636. The second-order valence-electron chi connectivity index (χ2n) is 3.68. The molecule has 0 unspecified atom stereocenters. The summed E-state index contributed by atoms with van der Waals surface area (Å²) < 4.78 is 10.6. The standard InChI is InChI=1S/C11H17N3O2/c1-2-16-10-3-6-12-11(14-10)13-9-4-7-15-8-5-9/h3,6,9H,2,4-5,7-8H2,1H3,(H,12,13,14). The minimum absolute atomic E-state index is 0.408. The number of ether oxygens (including phenoxy) is 2. The Balaban J connectivity index is 1.94. The number of anilines is 1. The zero-order chi connectivity index (χ0) is 11.2. The molecule has 5 nitrogen and oxygen atoms in total. The molecule has 0 radical (unpaired) electrons. The summed E-state index contributed by atoms with van der Waals surface area (Å²) in [5, 5.41) is 3.30. The monoisotopic (exact) mass is 223 g/mol. The molecule has 0 spiro atoms. The van der Waals surface area contributed by atoms with Crippen LogP contribution in [-0.4, -0.2) is 35.8 Å². The van der Waals surface area contributed by atoms with E-state index in [1.807, 2.05) is 6.92 Å². The average molecular weight is 223 g/mol. The van der Waals surface area contributed by atoms with E-state index in [0.29, 0.717) is 24.5 Å². The maximum Gasteiger partial charge on any atom is 0.226 e. The Morgan fingerprint density at radius 1 is 1.50 bits per heavy atom. The molecule has 0 aromatic carbocycles. The second kappa shape index (κ2) is 5.65. The summed E-state index contributed by atoms with van der Waals surface area (Å²) in [5.41, 5.74) is 0. The summed E-state index contributed by atoms with van der Waals surface area (Å²) >= 11 is 0. The van der Waals surface area contributed by atoms with Gasteiger partial charge < -0.3 is 14.8 Å². The van der Waals surface area contributed by atoms with E-state index in [1.165, 1.54) is 0 Å². The van der Waals surface area contributed by atoms with Crippen molar-refractivity contribution in [2.24, 2.45) is 0 Å². The number of nitrogens with one attached hydrogen (secondary N) is 1. The molecule has 88 valence electrons. The van der Waals surface area contributed by atoms with Gasteiger partial charge in [0.05, 0.1) is 6.61 Å². The average Bonchev–Trinajstić information content (AvgIpc) is 2.31. The quantitative estimate of drug-likeness (QED) is 0.837. The molecule has 2 heterocycles. The summed E-state index contributed by atoms with van der Waals surface area (Å²) in [6.07, 6.45) is 3.71. The first-order chi connectivity index (χ1) is 7.88. The summed E-state index contributed by atoms with van der Waals surface area (Å²) in [6, 6.07) is 2.17. The van der Waals surface area contributed by atoms with Gasteiger partial charge in [-0.15, -0.1) is 0 Å². The van der Waals surface area contributed by atoms with Crippen molar-refractivity contribution in [3.8, 4) is 5.88 Å². The Morgan fingerprint density at radius 3 is 3.06 bits per heavy atom. The second-order valence-corrected chi connectivity index (χ2v) is 3.68. The molecule has 1 aromatic heterocycles. The molecule has 5 heteroatoms. The Hall–Kier alpha value is -1.36. The van der Waals surface area contributed by atoms with Crippen molar-refractivity contribution < 1.29 is 9.47 Å². The number of hydrogen-bond acceptors (Lipinski definition) is 5. The van der Waals surface area contributed by atoms with Crippen LogP contribution in [0, 0.1) is 0 Å². The Bertz CT molecular complexity index is 327. The van der Waals surface area contributed by atoms with Crippen LogP contribution in [0.25, 0.3) is 0 Å². The molecule has 0 amide bonds. The molecule has 1 saturated heterocycles. The maximum absolute atomic E-state index is 5.32. The van der Waals surface area contributed by atoms with E-state index >= 15 is 0 Å². The van der Waals surface area contributed by atoms with Gasteiger partial charge in [0.25, 0.3) is 0 Å². The van der Waals surface area contributed by atoms with Crippen LogP contribution in [-0.2, 0) is 4.74 Å². The van der Waals surface area contributed by atoms with E-state index in [-0.39, 0.29) is 0 Å². The predicted octanol–water partition coefficient (Wildman–Crippen LogP) is 1.47. The zero-order valence-corrected chi connectivity index (χ0v) is 9.48. The first kappa shape index (κ1) is 11.1. The summed E-state index contributed by atoms with van der Waals surface area (Å²) in [4.78, 5) is 8.44. The highest BCUT2D eigenvalue weighted by molar-refractivity contribution is 5.28. The van der Waals surface area contributed by atoms with E-state index in [1.54, 1.807) is 12.3 Å². The minimum Gasteiger partial charge on any atom is -0.478 e. The molecular formula is C11H17N3O2. The van der Waals surface area contributed by atoms with Gasteiger partial charge in [-0.05, 0) is 19.8 Å². The Morgan fingerprint density at radius 2 is 2.31 bits per heavy atom. The molecule has 1 aliphatic heterocycles. The van der Waals surface area contributed by atoms with E-state index < -0.39 is 0 Å². The third-order valence-corrected chi connectivity index (χ3v) is 2.48. The van der Waals surface area contributed by atoms with Gasteiger partial charge >= 0.3 is 0 Å². The molecule has 0 saturated carbocycles. The summed E-state index contributed by atoms with van der Waals surface area (Å²) in [5.74, 6) is 1.25. The minimum atomic E-state index is 0.408. The van der Waals surface area contributed by atoms with Crippen LogP contribution in [0.5, 0.6) is 5.88 Å². The largest absolute Gasteiger partial charge is 0.478 e. The number of aromatic nitrogens is 2. The van der Waals surface area contributed by atoms with Gasteiger partial charge in [-0.25, -0.2) is 4.98 Å². The van der Waals surface area contributed by atoms with E-state index in [0.717, 1.165) is 26.1 Å². The normalized spacial score (nSPS) is 17.1. The van der Waals surface area contributed by atoms with Gasteiger partial charge in [0.2, 0.25) is 11.8 Å². The van der Waals surface area contributed by atoms with Crippen molar-refractivity contribution in [3.05, 3.63) is 12.3 Å². The van der Waals surface area contributed by atoms with Crippen LogP contribution >= 0.6 is 0 Å². The van der Waals surface area contributed by atoms with Crippen molar-refractivity contribution in [2.45, 2.75) is 25.8 Å². The molecule has 0 atom stereocenters. The molecule has 2 rings (SSSR count). The van der Waals surface area contributed by atoms with Crippen LogP contribution in [0.3, 0.4) is 0 Å². The molecular weight excluding hydrogens is 206 g/mol.